The molecule has 4 aliphatic heterocycles. The highest BCUT2D eigenvalue weighted by molar-refractivity contribution is 6.12. The third-order valence-corrected chi connectivity index (χ3v) is 9.21. The van der Waals surface area contributed by atoms with Crippen LogP contribution in [0.15, 0.2) is 88.8 Å². The summed E-state index contributed by atoms with van der Waals surface area (Å²) in [5.74, 6) is -3.88. The van der Waals surface area contributed by atoms with Gasteiger partial charge in [0.1, 0.15) is 18.6 Å². The summed E-state index contributed by atoms with van der Waals surface area (Å²) >= 11 is 0. The van der Waals surface area contributed by atoms with E-state index in [1.807, 2.05) is 43.3 Å². The number of para-hydroxylation sites is 1. The molecule has 0 saturated carbocycles. The summed E-state index contributed by atoms with van der Waals surface area (Å²) in [6, 6.07) is 19.6. The van der Waals surface area contributed by atoms with Crippen LogP contribution in [0.2, 0.25) is 0 Å². The number of carbonyl (C=O) groups excluding carboxylic acids is 3. The first-order valence-corrected chi connectivity index (χ1v) is 14.8. The summed E-state index contributed by atoms with van der Waals surface area (Å²) in [7, 11) is 0. The summed E-state index contributed by atoms with van der Waals surface area (Å²) in [4.78, 5) is 53.0. The SMILES string of the molecule is Cc1ccccc1-c1ccccc1C(=O)NC1CN2C(N)=N[C@@H](CN3C(=O)CN(c4ccccc4)C3=O)[C@@H]3N=C(N)N[C@@]32C1(O)O. The van der Waals surface area contributed by atoms with Crippen molar-refractivity contribution in [2.24, 2.45) is 21.5 Å². The van der Waals surface area contributed by atoms with Gasteiger partial charge in [0, 0.05) is 17.8 Å². The van der Waals surface area contributed by atoms with Gasteiger partial charge in [0.25, 0.3) is 11.8 Å². The minimum atomic E-state index is -2.69. The Morgan fingerprint density at radius 2 is 1.65 bits per heavy atom. The quantitative estimate of drug-likeness (QED) is 0.160. The minimum absolute atomic E-state index is 0.0952. The summed E-state index contributed by atoms with van der Waals surface area (Å²) in [5, 5.41) is 29.5. The fourth-order valence-corrected chi connectivity index (χ4v) is 6.98. The van der Waals surface area contributed by atoms with E-state index in [9.17, 15) is 24.6 Å². The lowest BCUT2D eigenvalue weighted by Gasteiger charge is -2.49. The Balaban J connectivity index is 1.17. The van der Waals surface area contributed by atoms with Crippen LogP contribution in [-0.4, -0.2) is 99.0 Å². The van der Waals surface area contributed by atoms with Gasteiger partial charge in [0.15, 0.2) is 17.6 Å². The lowest BCUT2D eigenvalue weighted by molar-refractivity contribution is -0.230. The number of hydrogen-bond donors (Lipinski definition) is 6. The van der Waals surface area contributed by atoms with Gasteiger partial charge in [0.2, 0.25) is 5.79 Å². The van der Waals surface area contributed by atoms with Gasteiger partial charge in [0.05, 0.1) is 12.6 Å². The Morgan fingerprint density at radius 1 is 0.978 bits per heavy atom. The van der Waals surface area contributed by atoms with Crippen LogP contribution in [0, 0.1) is 6.92 Å². The molecule has 4 heterocycles. The maximum atomic E-state index is 13.8. The normalized spacial score (nSPS) is 26.3. The van der Waals surface area contributed by atoms with E-state index < -0.39 is 47.4 Å². The van der Waals surface area contributed by atoms with Gasteiger partial charge < -0.3 is 37.2 Å². The van der Waals surface area contributed by atoms with E-state index in [0.29, 0.717) is 16.8 Å². The molecule has 3 aromatic carbocycles. The second-order valence-corrected chi connectivity index (χ2v) is 11.8. The number of nitrogens with zero attached hydrogens (tertiary/aromatic N) is 5. The number of benzene rings is 3. The van der Waals surface area contributed by atoms with Crippen LogP contribution >= 0.6 is 0 Å². The number of guanidine groups is 2. The molecule has 0 aliphatic carbocycles. The highest BCUT2D eigenvalue weighted by atomic mass is 16.5. The van der Waals surface area contributed by atoms with Crippen LogP contribution in [0.25, 0.3) is 11.1 Å². The molecule has 4 aliphatic rings. The average Bonchev–Trinajstić information content (AvgIpc) is 3.62. The first-order valence-electron chi connectivity index (χ1n) is 14.8. The van der Waals surface area contributed by atoms with E-state index in [1.54, 1.807) is 42.5 Å². The fourth-order valence-electron chi connectivity index (χ4n) is 6.98. The molecule has 7 rings (SSSR count). The van der Waals surface area contributed by atoms with Crippen LogP contribution < -0.4 is 27.0 Å². The second kappa shape index (κ2) is 10.6. The highest BCUT2D eigenvalue weighted by Crippen LogP contribution is 2.45. The molecule has 46 heavy (non-hydrogen) atoms. The number of nitrogens with two attached hydrogens (primary N) is 2. The van der Waals surface area contributed by atoms with E-state index >= 15 is 0 Å². The van der Waals surface area contributed by atoms with Crippen molar-refractivity contribution in [1.29, 1.82) is 0 Å². The number of rotatable bonds is 6. The van der Waals surface area contributed by atoms with E-state index in [4.69, 9.17) is 11.5 Å². The summed E-state index contributed by atoms with van der Waals surface area (Å²) < 4.78 is 0. The number of anilines is 1. The van der Waals surface area contributed by atoms with Gasteiger partial charge in [-0.3, -0.25) is 19.4 Å². The van der Waals surface area contributed by atoms with Gasteiger partial charge >= 0.3 is 6.03 Å². The van der Waals surface area contributed by atoms with Crippen LogP contribution in [0.5, 0.6) is 0 Å². The Labute approximate surface area is 264 Å². The predicted octanol–water partition coefficient (Wildman–Crippen LogP) is -0.0946. The van der Waals surface area contributed by atoms with Gasteiger partial charge in [-0.2, -0.15) is 0 Å². The molecule has 14 heteroatoms. The average molecular weight is 624 g/mol. The monoisotopic (exact) mass is 623 g/mol. The van der Waals surface area contributed by atoms with Crippen molar-refractivity contribution in [3.63, 3.8) is 0 Å². The minimum Gasteiger partial charge on any atom is -0.370 e. The number of hydrogen-bond acceptors (Lipinski definition) is 11. The zero-order chi connectivity index (χ0) is 32.4. The van der Waals surface area contributed by atoms with E-state index in [2.05, 4.69) is 20.6 Å². The molecule has 1 spiro atoms. The second-order valence-electron chi connectivity index (χ2n) is 11.8. The number of amides is 4. The van der Waals surface area contributed by atoms with Crippen molar-refractivity contribution < 1.29 is 24.6 Å². The number of aryl methyl sites for hydroxylation is 1. The van der Waals surface area contributed by atoms with Crippen LogP contribution in [-0.2, 0) is 4.79 Å². The molecule has 2 fully saturated rings. The van der Waals surface area contributed by atoms with Crippen molar-refractivity contribution in [1.82, 2.24) is 20.4 Å². The number of aliphatic imine (C=N–C) groups is 2. The zero-order valence-corrected chi connectivity index (χ0v) is 24.9. The van der Waals surface area contributed by atoms with Crippen molar-refractivity contribution in [3.8, 4) is 11.1 Å². The highest BCUT2D eigenvalue weighted by Gasteiger charge is 2.73. The van der Waals surface area contributed by atoms with Gasteiger partial charge in [-0.05, 0) is 41.8 Å². The molecule has 236 valence electrons. The Hall–Kier alpha value is -5.47. The van der Waals surface area contributed by atoms with Gasteiger partial charge in [-0.1, -0.05) is 60.7 Å². The molecule has 0 radical (unpaired) electrons. The summed E-state index contributed by atoms with van der Waals surface area (Å²) in [6.07, 6.45) is 0. The molecule has 2 saturated heterocycles. The maximum absolute atomic E-state index is 13.8. The molecular formula is C32H33N9O5. The maximum Gasteiger partial charge on any atom is 0.331 e. The summed E-state index contributed by atoms with van der Waals surface area (Å²) in [6.45, 7) is 1.39. The van der Waals surface area contributed by atoms with Crippen molar-refractivity contribution >= 4 is 35.5 Å². The molecule has 14 nitrogen and oxygen atoms in total. The first-order chi connectivity index (χ1) is 22.0. The Bertz CT molecular complexity index is 1810. The van der Waals surface area contributed by atoms with Crippen molar-refractivity contribution in [3.05, 3.63) is 90.0 Å². The fraction of sp³-hybridized carbons (Fsp3) is 0.281. The molecule has 3 aromatic rings. The van der Waals surface area contributed by atoms with Crippen LogP contribution in [0.1, 0.15) is 15.9 Å². The largest absolute Gasteiger partial charge is 0.370 e. The first kappa shape index (κ1) is 29.3. The molecule has 0 aromatic heterocycles. The number of urea groups is 1. The lowest BCUT2D eigenvalue weighted by atomic mass is 9.84. The Kier molecular flexibility index (Phi) is 6.72. The molecular weight excluding hydrogens is 590 g/mol. The third kappa shape index (κ3) is 4.29. The van der Waals surface area contributed by atoms with E-state index in [-0.39, 0.29) is 31.6 Å². The van der Waals surface area contributed by atoms with Crippen LogP contribution in [0.3, 0.4) is 0 Å². The molecule has 4 amide bonds. The molecule has 1 unspecified atom stereocenters. The lowest BCUT2D eigenvalue weighted by Crippen LogP contribution is -2.78. The molecule has 4 atom stereocenters. The number of nitrogens with one attached hydrogen (secondary N) is 2. The van der Waals surface area contributed by atoms with Gasteiger partial charge in [-0.15, -0.1) is 0 Å². The third-order valence-electron chi connectivity index (χ3n) is 9.21. The number of aliphatic hydroxyl groups is 2. The number of imide groups is 1. The zero-order valence-electron chi connectivity index (χ0n) is 24.9. The van der Waals surface area contributed by atoms with E-state index in [1.165, 1.54) is 9.80 Å². The van der Waals surface area contributed by atoms with Crippen molar-refractivity contribution in [2.75, 3.05) is 24.5 Å². The predicted molar refractivity (Wildman–Crippen MR) is 169 cm³/mol. The van der Waals surface area contributed by atoms with Gasteiger partial charge in [-0.25, -0.2) is 14.8 Å². The van der Waals surface area contributed by atoms with Crippen LogP contribution in [0.4, 0.5) is 10.5 Å². The standard InChI is InChI=1S/C32H33N9O5/c1-18-9-5-6-12-20(18)21-13-7-8-14-22(21)27(43)36-24-16-41-29(34)35-23(26-31(41,32(24,45)46)38-28(33)37-26)15-40-25(42)17-39(30(40)44)19-10-3-2-4-11-19/h2-14,23-24,26,45-46H,15-17H2,1H3,(H2,34,35)(H,36,43)(H3,33,37,38)/t23-,24?,26-,31-/m0/s1. The Morgan fingerprint density at radius 3 is 2.39 bits per heavy atom. The molecule has 8 N–H and O–H groups in total. The van der Waals surface area contributed by atoms with E-state index in [0.717, 1.165) is 16.0 Å². The van der Waals surface area contributed by atoms with Crippen molar-refractivity contribution in [2.45, 2.75) is 36.5 Å². The smallest absolute Gasteiger partial charge is 0.331 e. The number of carbonyl (C=O) groups is 3. The topological polar surface area (TPSA) is 202 Å². The molecule has 0 bridgehead atoms. The summed E-state index contributed by atoms with van der Waals surface area (Å²) in [5.41, 5.74) is 14.1.